The van der Waals surface area contributed by atoms with E-state index in [1.165, 1.54) is 6.33 Å². The fourth-order valence-electron chi connectivity index (χ4n) is 0.991. The summed E-state index contributed by atoms with van der Waals surface area (Å²) in [6.45, 7) is 2.38. The van der Waals surface area contributed by atoms with Crippen molar-refractivity contribution >= 4 is 11.8 Å². The molecule has 0 spiro atoms. The van der Waals surface area contributed by atoms with E-state index in [1.54, 1.807) is 31.1 Å². The lowest BCUT2D eigenvalue weighted by atomic mass is 10.5. The number of rotatable bonds is 4. The molecule has 5 nitrogen and oxygen atoms in total. The molecule has 0 radical (unpaired) electrons. The topological polar surface area (TPSA) is 55.3 Å². The number of anilines is 1. The lowest BCUT2D eigenvalue weighted by Crippen LogP contribution is -2.27. The van der Waals surface area contributed by atoms with Crippen molar-refractivity contribution < 1.29 is 9.53 Å². The van der Waals surface area contributed by atoms with Gasteiger partial charge < -0.3 is 9.64 Å². The summed E-state index contributed by atoms with van der Waals surface area (Å²) < 4.78 is 4.81. The average molecular weight is 195 g/mol. The minimum absolute atomic E-state index is 0.199. The Kier molecular flexibility index (Phi) is 3.84. The number of aromatic nitrogens is 2. The Morgan fingerprint density at radius 3 is 3.00 bits per heavy atom. The molecule has 0 N–H and O–H groups in total. The summed E-state index contributed by atoms with van der Waals surface area (Å²) >= 11 is 0. The normalized spacial score (nSPS) is 9.57. The van der Waals surface area contributed by atoms with Gasteiger partial charge in [-0.3, -0.25) is 4.79 Å². The lowest BCUT2D eigenvalue weighted by molar-refractivity contribution is -0.141. The van der Waals surface area contributed by atoms with Gasteiger partial charge in [0, 0.05) is 13.2 Å². The van der Waals surface area contributed by atoms with Crippen LogP contribution in [0.4, 0.5) is 5.82 Å². The summed E-state index contributed by atoms with van der Waals surface area (Å²) in [7, 11) is 1.78. The highest BCUT2D eigenvalue weighted by molar-refractivity contribution is 5.75. The van der Waals surface area contributed by atoms with Gasteiger partial charge in [0.15, 0.2) is 0 Å². The summed E-state index contributed by atoms with van der Waals surface area (Å²) in [5, 5.41) is 0. The molecule has 0 saturated carbocycles. The van der Waals surface area contributed by atoms with Crippen molar-refractivity contribution in [1.82, 2.24) is 9.97 Å². The van der Waals surface area contributed by atoms with Crippen LogP contribution in [-0.2, 0) is 9.53 Å². The molecular formula is C9H13N3O2. The molecule has 5 heteroatoms. The lowest BCUT2D eigenvalue weighted by Gasteiger charge is -2.15. The van der Waals surface area contributed by atoms with Crippen molar-refractivity contribution in [3.8, 4) is 0 Å². The van der Waals surface area contributed by atoms with Gasteiger partial charge in [0.25, 0.3) is 0 Å². The smallest absolute Gasteiger partial charge is 0.325 e. The molecule has 1 heterocycles. The number of likely N-dealkylation sites (N-methyl/N-ethyl adjacent to an activating group) is 1. The Morgan fingerprint density at radius 2 is 2.43 bits per heavy atom. The summed E-state index contributed by atoms with van der Waals surface area (Å²) in [5.74, 6) is 0.446. The van der Waals surface area contributed by atoms with Crippen molar-refractivity contribution in [2.24, 2.45) is 0 Å². The van der Waals surface area contributed by atoms with Gasteiger partial charge in [-0.1, -0.05) is 0 Å². The highest BCUT2D eigenvalue weighted by atomic mass is 16.5. The van der Waals surface area contributed by atoms with Crippen LogP contribution in [0.2, 0.25) is 0 Å². The highest BCUT2D eigenvalue weighted by Gasteiger charge is 2.07. The molecule has 0 amide bonds. The van der Waals surface area contributed by atoms with E-state index < -0.39 is 0 Å². The second-order valence-corrected chi connectivity index (χ2v) is 2.73. The van der Waals surface area contributed by atoms with Gasteiger partial charge in [-0.2, -0.15) is 0 Å². The average Bonchev–Trinajstić information content (AvgIpc) is 2.19. The van der Waals surface area contributed by atoms with Crippen LogP contribution in [0.3, 0.4) is 0 Å². The zero-order chi connectivity index (χ0) is 10.4. The first-order valence-electron chi connectivity index (χ1n) is 4.36. The van der Waals surface area contributed by atoms with E-state index >= 15 is 0 Å². The van der Waals surface area contributed by atoms with E-state index in [0.29, 0.717) is 12.4 Å². The first-order chi connectivity index (χ1) is 6.74. The molecule has 14 heavy (non-hydrogen) atoms. The third-order valence-corrected chi connectivity index (χ3v) is 1.63. The molecule has 0 atom stereocenters. The summed E-state index contributed by atoms with van der Waals surface area (Å²) in [6, 6.07) is 1.74. The SMILES string of the molecule is CCOC(=O)CN(C)c1ccncn1. The quantitative estimate of drug-likeness (QED) is 0.654. The minimum atomic E-state index is -0.256. The number of hydrogen-bond donors (Lipinski definition) is 0. The molecular weight excluding hydrogens is 182 g/mol. The molecule has 0 saturated heterocycles. The maximum Gasteiger partial charge on any atom is 0.325 e. The predicted octanol–water partition coefficient (Wildman–Crippen LogP) is 0.476. The molecule has 0 unspecified atom stereocenters. The second-order valence-electron chi connectivity index (χ2n) is 2.73. The molecule has 76 valence electrons. The maximum absolute atomic E-state index is 11.1. The third kappa shape index (κ3) is 3.01. The van der Waals surface area contributed by atoms with Crippen LogP contribution in [0.5, 0.6) is 0 Å². The monoisotopic (exact) mass is 195 g/mol. The fourth-order valence-corrected chi connectivity index (χ4v) is 0.991. The molecule has 1 aromatic heterocycles. The van der Waals surface area contributed by atoms with E-state index in [1.807, 2.05) is 0 Å². The van der Waals surface area contributed by atoms with Crippen LogP contribution in [-0.4, -0.2) is 36.1 Å². The highest BCUT2D eigenvalue weighted by Crippen LogP contribution is 2.04. The van der Waals surface area contributed by atoms with E-state index in [2.05, 4.69) is 9.97 Å². The number of hydrogen-bond acceptors (Lipinski definition) is 5. The van der Waals surface area contributed by atoms with Crippen LogP contribution in [0.15, 0.2) is 18.6 Å². The molecule has 0 aliphatic carbocycles. The van der Waals surface area contributed by atoms with Crippen molar-refractivity contribution in [3.63, 3.8) is 0 Å². The maximum atomic E-state index is 11.1. The van der Waals surface area contributed by atoms with Gasteiger partial charge in [-0.25, -0.2) is 9.97 Å². The van der Waals surface area contributed by atoms with Gasteiger partial charge in [-0.15, -0.1) is 0 Å². The van der Waals surface area contributed by atoms with Gasteiger partial charge in [0.1, 0.15) is 18.7 Å². The first-order valence-corrected chi connectivity index (χ1v) is 4.36. The number of esters is 1. The Balaban J connectivity index is 2.50. The van der Waals surface area contributed by atoms with E-state index in [4.69, 9.17) is 4.74 Å². The van der Waals surface area contributed by atoms with E-state index in [0.717, 1.165) is 0 Å². The number of nitrogens with zero attached hydrogens (tertiary/aromatic N) is 3. The third-order valence-electron chi connectivity index (χ3n) is 1.63. The molecule has 0 bridgehead atoms. The Bertz CT molecular complexity index is 289. The number of ether oxygens (including phenoxy) is 1. The zero-order valence-corrected chi connectivity index (χ0v) is 8.30. The van der Waals surface area contributed by atoms with Gasteiger partial charge >= 0.3 is 5.97 Å². The molecule has 0 aliphatic heterocycles. The van der Waals surface area contributed by atoms with Crippen LogP contribution in [0.25, 0.3) is 0 Å². The Morgan fingerprint density at radius 1 is 1.64 bits per heavy atom. The number of carbonyl (C=O) groups is 1. The first kappa shape index (κ1) is 10.4. The van der Waals surface area contributed by atoms with E-state index in [9.17, 15) is 4.79 Å². The van der Waals surface area contributed by atoms with Crippen LogP contribution in [0.1, 0.15) is 6.92 Å². The molecule has 1 rings (SSSR count). The Labute approximate surface area is 82.7 Å². The molecule has 0 fully saturated rings. The predicted molar refractivity (Wildman–Crippen MR) is 51.9 cm³/mol. The van der Waals surface area contributed by atoms with Crippen molar-refractivity contribution in [3.05, 3.63) is 18.6 Å². The minimum Gasteiger partial charge on any atom is -0.465 e. The van der Waals surface area contributed by atoms with Gasteiger partial charge in [0.2, 0.25) is 0 Å². The van der Waals surface area contributed by atoms with Crippen molar-refractivity contribution in [1.29, 1.82) is 0 Å². The number of carbonyl (C=O) groups excluding carboxylic acids is 1. The van der Waals surface area contributed by atoms with Gasteiger partial charge in [0.05, 0.1) is 6.61 Å². The van der Waals surface area contributed by atoms with Crippen LogP contribution < -0.4 is 4.90 Å². The standard InChI is InChI=1S/C9H13N3O2/c1-3-14-9(13)6-12(2)8-4-5-10-7-11-8/h4-5,7H,3,6H2,1-2H3. The summed E-state index contributed by atoms with van der Waals surface area (Å²) in [6.07, 6.45) is 3.07. The van der Waals surface area contributed by atoms with Crippen molar-refractivity contribution in [2.75, 3.05) is 25.1 Å². The van der Waals surface area contributed by atoms with E-state index in [-0.39, 0.29) is 12.5 Å². The molecule has 0 aliphatic rings. The van der Waals surface area contributed by atoms with Crippen LogP contribution in [0, 0.1) is 0 Å². The Hall–Kier alpha value is -1.65. The zero-order valence-electron chi connectivity index (χ0n) is 8.30. The molecule has 0 aromatic carbocycles. The summed E-state index contributed by atoms with van der Waals surface area (Å²) in [4.78, 5) is 20.6. The van der Waals surface area contributed by atoms with Crippen LogP contribution >= 0.6 is 0 Å². The second kappa shape index (κ2) is 5.16. The van der Waals surface area contributed by atoms with Gasteiger partial charge in [-0.05, 0) is 13.0 Å². The van der Waals surface area contributed by atoms with Crippen molar-refractivity contribution in [2.45, 2.75) is 6.92 Å². The molecule has 1 aromatic rings. The largest absolute Gasteiger partial charge is 0.465 e. The summed E-state index contributed by atoms with van der Waals surface area (Å²) in [5.41, 5.74) is 0. The fraction of sp³-hybridized carbons (Fsp3) is 0.444.